The summed E-state index contributed by atoms with van der Waals surface area (Å²) in [7, 11) is 0. The van der Waals surface area contributed by atoms with Gasteiger partial charge >= 0.3 is 0 Å². The third-order valence-electron chi connectivity index (χ3n) is 6.95. The van der Waals surface area contributed by atoms with Gasteiger partial charge in [-0.25, -0.2) is 19.2 Å². The zero-order valence-electron chi connectivity index (χ0n) is 22.0. The molecule has 4 heterocycles. The topological polar surface area (TPSA) is 91.7 Å². The van der Waals surface area contributed by atoms with Crippen molar-refractivity contribution in [2.24, 2.45) is 5.16 Å². The molecule has 0 spiro atoms. The van der Waals surface area contributed by atoms with Gasteiger partial charge in [-0.15, -0.1) is 5.10 Å². The molecule has 1 aliphatic rings. The van der Waals surface area contributed by atoms with Gasteiger partial charge < -0.3 is 9.57 Å². The van der Waals surface area contributed by atoms with Gasteiger partial charge in [0, 0.05) is 0 Å². The third kappa shape index (κ3) is 4.17. The number of fused-ring (bicyclic) bond motifs is 4. The average molecular weight is 528 g/mol. The Hall–Kier alpha value is -5.31. The van der Waals surface area contributed by atoms with Crippen LogP contribution in [0.4, 0.5) is 0 Å². The summed E-state index contributed by atoms with van der Waals surface area (Å²) in [6.45, 7) is 4.21. The number of hydrogen-bond donors (Lipinski definition) is 0. The number of oxime groups is 1. The fourth-order valence-electron chi connectivity index (χ4n) is 5.05. The predicted molar refractivity (Wildman–Crippen MR) is 150 cm³/mol. The Balaban J connectivity index is 1.31. The third-order valence-corrected chi connectivity index (χ3v) is 6.95. The van der Waals surface area contributed by atoms with E-state index in [4.69, 9.17) is 19.7 Å². The molecule has 0 saturated carbocycles. The molecule has 0 aliphatic carbocycles. The van der Waals surface area contributed by atoms with Crippen molar-refractivity contribution in [2.75, 3.05) is 0 Å². The number of rotatable bonds is 6. The summed E-state index contributed by atoms with van der Waals surface area (Å²) in [6.07, 6.45) is 3.28. The normalized spacial score (nSPS) is 14.2. The molecule has 0 amide bonds. The molecule has 0 N–H and O–H groups in total. The highest BCUT2D eigenvalue weighted by Crippen LogP contribution is 2.49. The van der Waals surface area contributed by atoms with Gasteiger partial charge in [0.1, 0.15) is 6.33 Å². The standard InChI is InChI=1S/C31H25N7O2/c1-20-13-15-23(16-14-20)27-26-21(2)35-38(24-11-7-4-8-12-24)31(26)40-30-28(27)29-34-25(36-37(29)19-32-30)18-39-33-17-22-9-5-3-6-10-22/h3-17,19,27H,18H2,1-2H3/b33-17-/t27-/m0/s1. The molecule has 7 rings (SSSR count). The minimum Gasteiger partial charge on any atom is -0.420 e. The quantitative estimate of drug-likeness (QED) is 0.202. The molecule has 0 bridgehead atoms. The first kappa shape index (κ1) is 23.8. The van der Waals surface area contributed by atoms with Crippen LogP contribution in [0.25, 0.3) is 11.3 Å². The van der Waals surface area contributed by atoms with Gasteiger partial charge in [0.05, 0.1) is 34.6 Å². The van der Waals surface area contributed by atoms with E-state index in [0.29, 0.717) is 23.2 Å². The lowest BCUT2D eigenvalue weighted by Crippen LogP contribution is -2.16. The zero-order chi connectivity index (χ0) is 27.1. The van der Waals surface area contributed by atoms with Crippen LogP contribution in [0.15, 0.2) is 96.4 Å². The lowest BCUT2D eigenvalue weighted by Gasteiger charge is -2.26. The van der Waals surface area contributed by atoms with Gasteiger partial charge in [-0.3, -0.25) is 0 Å². The number of ether oxygens (including phenoxy) is 1. The van der Waals surface area contributed by atoms with Crippen molar-refractivity contribution in [3.63, 3.8) is 0 Å². The van der Waals surface area contributed by atoms with Gasteiger partial charge in [0.25, 0.3) is 0 Å². The molecule has 0 saturated heterocycles. The van der Waals surface area contributed by atoms with E-state index in [1.54, 1.807) is 17.1 Å². The van der Waals surface area contributed by atoms with Crippen molar-refractivity contribution >= 4 is 11.9 Å². The predicted octanol–water partition coefficient (Wildman–Crippen LogP) is 5.76. The molecule has 3 aromatic heterocycles. The average Bonchev–Trinajstić information content (AvgIpc) is 3.56. The first-order valence-corrected chi connectivity index (χ1v) is 13.0. The monoisotopic (exact) mass is 527 g/mol. The van der Waals surface area contributed by atoms with E-state index in [1.165, 1.54) is 5.56 Å². The van der Waals surface area contributed by atoms with Gasteiger partial charge in [-0.05, 0) is 37.1 Å². The van der Waals surface area contributed by atoms with Gasteiger partial charge in [-0.2, -0.15) is 5.10 Å². The molecular formula is C31H25N7O2. The minimum absolute atomic E-state index is 0.117. The van der Waals surface area contributed by atoms with Crippen LogP contribution in [0.2, 0.25) is 0 Å². The highest BCUT2D eigenvalue weighted by atomic mass is 16.6. The molecule has 6 aromatic rings. The molecule has 0 radical (unpaired) electrons. The zero-order valence-corrected chi connectivity index (χ0v) is 22.0. The second kappa shape index (κ2) is 9.77. The summed E-state index contributed by atoms with van der Waals surface area (Å²) in [5.41, 5.74) is 7.47. The maximum absolute atomic E-state index is 6.48. The van der Waals surface area contributed by atoms with Crippen LogP contribution in [0.3, 0.4) is 0 Å². The number of para-hydroxylation sites is 1. The van der Waals surface area contributed by atoms with Crippen molar-refractivity contribution in [1.29, 1.82) is 0 Å². The first-order chi connectivity index (χ1) is 19.7. The maximum atomic E-state index is 6.48. The van der Waals surface area contributed by atoms with E-state index in [1.807, 2.05) is 72.3 Å². The summed E-state index contributed by atoms with van der Waals surface area (Å²) in [5, 5.41) is 13.6. The lowest BCUT2D eigenvalue weighted by molar-refractivity contribution is 0.126. The van der Waals surface area contributed by atoms with Crippen LogP contribution in [0, 0.1) is 13.8 Å². The highest BCUT2D eigenvalue weighted by molar-refractivity contribution is 5.78. The maximum Gasteiger partial charge on any atom is 0.230 e. The summed E-state index contributed by atoms with van der Waals surface area (Å²) >= 11 is 0. The van der Waals surface area contributed by atoms with Crippen molar-refractivity contribution in [1.82, 2.24) is 29.4 Å². The Bertz CT molecular complexity index is 1840. The smallest absolute Gasteiger partial charge is 0.230 e. The Morgan fingerprint density at radius 3 is 2.42 bits per heavy atom. The van der Waals surface area contributed by atoms with Gasteiger partial charge in [-0.1, -0.05) is 83.5 Å². The summed E-state index contributed by atoms with van der Waals surface area (Å²) < 4.78 is 9.99. The fraction of sp³-hybridized carbons (Fsp3) is 0.129. The highest BCUT2D eigenvalue weighted by Gasteiger charge is 2.38. The van der Waals surface area contributed by atoms with Crippen LogP contribution in [-0.4, -0.2) is 35.6 Å². The Labute approximate surface area is 230 Å². The van der Waals surface area contributed by atoms with Crippen molar-refractivity contribution in [3.05, 3.63) is 131 Å². The number of hydrogen-bond acceptors (Lipinski definition) is 7. The van der Waals surface area contributed by atoms with Crippen LogP contribution in [-0.2, 0) is 11.4 Å². The van der Waals surface area contributed by atoms with Gasteiger partial charge in [0.15, 0.2) is 18.1 Å². The van der Waals surface area contributed by atoms with E-state index >= 15 is 0 Å². The first-order valence-electron chi connectivity index (χ1n) is 13.0. The molecule has 0 unspecified atom stereocenters. The molecular weight excluding hydrogens is 502 g/mol. The summed E-state index contributed by atoms with van der Waals surface area (Å²) in [4.78, 5) is 15.0. The van der Waals surface area contributed by atoms with E-state index in [2.05, 4.69) is 46.4 Å². The Morgan fingerprint density at radius 2 is 1.65 bits per heavy atom. The van der Waals surface area contributed by atoms with Crippen LogP contribution in [0.1, 0.15) is 45.3 Å². The molecule has 3 aromatic carbocycles. The van der Waals surface area contributed by atoms with Crippen LogP contribution < -0.4 is 4.74 Å². The number of nitrogens with zero attached hydrogens (tertiary/aromatic N) is 7. The molecule has 9 nitrogen and oxygen atoms in total. The second-order valence-electron chi connectivity index (χ2n) is 9.68. The molecule has 40 heavy (non-hydrogen) atoms. The van der Waals surface area contributed by atoms with Crippen molar-refractivity contribution in [2.45, 2.75) is 26.4 Å². The molecule has 0 fully saturated rings. The number of aryl methyl sites for hydroxylation is 2. The van der Waals surface area contributed by atoms with Gasteiger partial charge in [0.2, 0.25) is 11.8 Å². The second-order valence-corrected chi connectivity index (χ2v) is 9.68. The summed E-state index contributed by atoms with van der Waals surface area (Å²) in [5.74, 6) is 1.41. The Kier molecular flexibility index (Phi) is 5.81. The number of benzene rings is 3. The van der Waals surface area contributed by atoms with Crippen molar-refractivity contribution < 1.29 is 9.57 Å². The van der Waals surface area contributed by atoms with E-state index in [9.17, 15) is 0 Å². The molecule has 1 atom stereocenters. The van der Waals surface area contributed by atoms with E-state index in [0.717, 1.165) is 33.6 Å². The molecule has 196 valence electrons. The lowest BCUT2D eigenvalue weighted by atomic mass is 9.84. The summed E-state index contributed by atoms with van der Waals surface area (Å²) in [6, 6.07) is 28.2. The Morgan fingerprint density at radius 1 is 0.900 bits per heavy atom. The van der Waals surface area contributed by atoms with Crippen LogP contribution >= 0.6 is 0 Å². The van der Waals surface area contributed by atoms with E-state index < -0.39 is 0 Å². The minimum atomic E-state index is -0.206. The SMILES string of the molecule is Cc1ccc([C@H]2c3c(C)nn(-c4ccccc4)c3Oc3ncn4nc(CO/N=C\c5ccccc5)nc4c32)cc1. The van der Waals surface area contributed by atoms with E-state index in [-0.39, 0.29) is 12.5 Å². The van der Waals surface area contributed by atoms with Crippen LogP contribution in [0.5, 0.6) is 11.8 Å². The number of aromatic nitrogens is 6. The fourth-order valence-corrected chi connectivity index (χ4v) is 5.05. The molecule has 9 heteroatoms. The molecule has 1 aliphatic heterocycles. The van der Waals surface area contributed by atoms with Crippen molar-refractivity contribution in [3.8, 4) is 17.4 Å². The largest absolute Gasteiger partial charge is 0.420 e.